The highest BCUT2D eigenvalue weighted by Gasteiger charge is 2.35. The quantitative estimate of drug-likeness (QED) is 0.732. The number of fused-ring (bicyclic) bond motifs is 2. The molecule has 5 heteroatoms. The average Bonchev–Trinajstić information content (AvgIpc) is 2.52. The van der Waals surface area contributed by atoms with Gasteiger partial charge in [-0.15, -0.1) is 0 Å². The van der Waals surface area contributed by atoms with Gasteiger partial charge >= 0.3 is 0 Å². The van der Waals surface area contributed by atoms with Crippen LogP contribution in [-0.2, 0) is 10.8 Å². The van der Waals surface area contributed by atoms with Gasteiger partial charge in [0.2, 0.25) is 0 Å². The maximum atomic E-state index is 12.0. The van der Waals surface area contributed by atoms with Gasteiger partial charge in [0.15, 0.2) is 11.5 Å². The molecule has 0 fully saturated rings. The van der Waals surface area contributed by atoms with Gasteiger partial charge in [-0.3, -0.25) is 4.21 Å². The van der Waals surface area contributed by atoms with Crippen molar-refractivity contribution in [2.24, 2.45) is 5.73 Å². The summed E-state index contributed by atoms with van der Waals surface area (Å²) in [7, 11) is -1.03. The van der Waals surface area contributed by atoms with Crippen molar-refractivity contribution in [3.05, 3.63) is 17.7 Å². The molecule has 0 saturated heterocycles. The maximum Gasteiger partial charge on any atom is 0.162 e. The summed E-state index contributed by atoms with van der Waals surface area (Å²) in [5.41, 5.74) is 6.95. The molecule has 0 radical (unpaired) electrons. The van der Waals surface area contributed by atoms with Crippen LogP contribution in [0.2, 0.25) is 0 Å². The number of ether oxygens (including phenoxy) is 2. The van der Waals surface area contributed by atoms with E-state index in [1.165, 1.54) is 0 Å². The largest absolute Gasteiger partial charge is 0.486 e. The Kier molecular flexibility index (Phi) is 2.19. The molecule has 2 aliphatic rings. The van der Waals surface area contributed by atoms with Gasteiger partial charge in [0.25, 0.3) is 0 Å². The van der Waals surface area contributed by atoms with Gasteiger partial charge in [-0.1, -0.05) is 0 Å². The predicted octanol–water partition coefficient (Wildman–Crippen LogP) is 0.967. The molecule has 2 heterocycles. The minimum absolute atomic E-state index is 0.0427. The van der Waals surface area contributed by atoms with E-state index >= 15 is 0 Å². The molecule has 0 aliphatic carbocycles. The van der Waals surface area contributed by atoms with Crippen molar-refractivity contribution < 1.29 is 13.7 Å². The molecule has 0 aromatic heterocycles. The van der Waals surface area contributed by atoms with Gasteiger partial charge in [0.1, 0.15) is 13.2 Å². The topological polar surface area (TPSA) is 61.6 Å². The molecule has 0 saturated carbocycles. The molecule has 1 aromatic carbocycles. The van der Waals surface area contributed by atoms with E-state index < -0.39 is 10.8 Å². The molecule has 2 N–H and O–H groups in total. The van der Waals surface area contributed by atoms with Crippen molar-refractivity contribution in [2.45, 2.75) is 23.1 Å². The predicted molar refractivity (Wildman–Crippen MR) is 60.2 cm³/mol. The van der Waals surface area contributed by atoms with Crippen molar-refractivity contribution in [2.75, 3.05) is 13.2 Å². The zero-order valence-corrected chi connectivity index (χ0v) is 9.75. The van der Waals surface area contributed by atoms with Crippen LogP contribution >= 0.6 is 0 Å². The van der Waals surface area contributed by atoms with E-state index in [0.717, 1.165) is 10.5 Å². The van der Waals surface area contributed by atoms with E-state index in [-0.39, 0.29) is 11.3 Å². The molecule has 0 amide bonds. The van der Waals surface area contributed by atoms with Gasteiger partial charge in [-0.2, -0.15) is 0 Å². The fourth-order valence-corrected chi connectivity index (χ4v) is 3.57. The first kappa shape index (κ1) is 10.1. The van der Waals surface area contributed by atoms with Crippen LogP contribution in [0.25, 0.3) is 0 Å². The first-order chi connectivity index (χ1) is 7.68. The van der Waals surface area contributed by atoms with Crippen LogP contribution in [0.1, 0.15) is 18.5 Å². The highest BCUT2D eigenvalue weighted by atomic mass is 32.2. The van der Waals surface area contributed by atoms with E-state index in [1.807, 2.05) is 19.1 Å². The van der Waals surface area contributed by atoms with Crippen molar-refractivity contribution in [3.8, 4) is 11.5 Å². The van der Waals surface area contributed by atoms with E-state index in [1.54, 1.807) is 0 Å². The lowest BCUT2D eigenvalue weighted by Gasteiger charge is -2.19. The standard InChI is InChI=1S/C11H13NO3S/c1-6-11(12)7-4-8-9(15-3-2-14-8)5-10(7)16(6)13/h4-6,11H,2-3,12H2,1H3. The Labute approximate surface area is 96.2 Å². The number of nitrogens with two attached hydrogens (primary N) is 1. The molecule has 16 heavy (non-hydrogen) atoms. The van der Waals surface area contributed by atoms with Crippen LogP contribution < -0.4 is 15.2 Å². The Bertz CT molecular complexity index is 475. The number of hydrogen-bond acceptors (Lipinski definition) is 4. The first-order valence-electron chi connectivity index (χ1n) is 5.28. The van der Waals surface area contributed by atoms with Crippen LogP contribution in [0.3, 0.4) is 0 Å². The highest BCUT2D eigenvalue weighted by molar-refractivity contribution is 7.86. The number of benzene rings is 1. The molecule has 86 valence electrons. The Morgan fingerprint density at radius 2 is 1.94 bits per heavy atom. The van der Waals surface area contributed by atoms with Crippen molar-refractivity contribution >= 4 is 10.8 Å². The van der Waals surface area contributed by atoms with Crippen molar-refractivity contribution in [3.63, 3.8) is 0 Å². The summed E-state index contributed by atoms with van der Waals surface area (Å²) in [6.45, 7) is 3.00. The lowest BCUT2D eigenvalue weighted by atomic mass is 10.0. The third-order valence-corrected chi connectivity index (χ3v) is 4.85. The van der Waals surface area contributed by atoms with E-state index in [9.17, 15) is 4.21 Å². The Balaban J connectivity index is 2.16. The van der Waals surface area contributed by atoms with Crippen LogP contribution in [0.4, 0.5) is 0 Å². The van der Waals surface area contributed by atoms with Crippen LogP contribution in [0, 0.1) is 0 Å². The van der Waals surface area contributed by atoms with Gasteiger partial charge in [0, 0.05) is 17.0 Å². The zero-order chi connectivity index (χ0) is 11.3. The van der Waals surface area contributed by atoms with Gasteiger partial charge in [-0.25, -0.2) is 0 Å². The summed E-state index contributed by atoms with van der Waals surface area (Å²) in [5, 5.41) is -0.0427. The molecule has 0 spiro atoms. The molecule has 3 rings (SSSR count). The van der Waals surface area contributed by atoms with Crippen molar-refractivity contribution in [1.29, 1.82) is 0 Å². The second-order valence-electron chi connectivity index (χ2n) is 4.06. The fraction of sp³-hybridized carbons (Fsp3) is 0.455. The lowest BCUT2D eigenvalue weighted by Crippen LogP contribution is -2.20. The van der Waals surface area contributed by atoms with E-state index in [4.69, 9.17) is 15.2 Å². The third kappa shape index (κ3) is 1.28. The molecule has 1 aromatic rings. The highest BCUT2D eigenvalue weighted by Crippen LogP contribution is 2.42. The van der Waals surface area contributed by atoms with E-state index in [0.29, 0.717) is 24.7 Å². The Morgan fingerprint density at radius 3 is 2.62 bits per heavy atom. The minimum Gasteiger partial charge on any atom is -0.486 e. The Morgan fingerprint density at radius 1 is 1.31 bits per heavy atom. The second kappa shape index (κ2) is 3.46. The second-order valence-corrected chi connectivity index (χ2v) is 5.84. The summed E-state index contributed by atoms with van der Waals surface area (Å²) in [5.74, 6) is 1.39. The van der Waals surface area contributed by atoms with Gasteiger partial charge in [0.05, 0.1) is 16.0 Å². The smallest absolute Gasteiger partial charge is 0.162 e. The lowest BCUT2D eigenvalue weighted by molar-refractivity contribution is 0.171. The Hall–Kier alpha value is -1.07. The normalized spacial score (nSPS) is 31.2. The minimum atomic E-state index is -1.03. The number of rotatable bonds is 0. The first-order valence-corrected chi connectivity index (χ1v) is 6.49. The summed E-state index contributed by atoms with van der Waals surface area (Å²) < 4.78 is 23.0. The summed E-state index contributed by atoms with van der Waals surface area (Å²) in [4.78, 5) is 0.796. The zero-order valence-electron chi connectivity index (χ0n) is 8.93. The summed E-state index contributed by atoms with van der Waals surface area (Å²) in [6, 6.07) is 3.51. The van der Waals surface area contributed by atoms with Crippen LogP contribution in [-0.4, -0.2) is 22.7 Å². The van der Waals surface area contributed by atoms with Crippen LogP contribution in [0.5, 0.6) is 11.5 Å². The maximum absolute atomic E-state index is 12.0. The molecule has 0 bridgehead atoms. The average molecular weight is 239 g/mol. The molecule has 3 atom stereocenters. The molecule has 2 aliphatic heterocycles. The molecule has 3 unspecified atom stereocenters. The SMILES string of the molecule is CC1C(N)c2cc3c(cc2S1=O)OCCO3. The van der Waals surface area contributed by atoms with Crippen molar-refractivity contribution in [1.82, 2.24) is 0 Å². The number of hydrogen-bond donors (Lipinski definition) is 1. The third-order valence-electron chi connectivity index (χ3n) is 3.09. The van der Waals surface area contributed by atoms with Gasteiger partial charge < -0.3 is 15.2 Å². The monoisotopic (exact) mass is 239 g/mol. The van der Waals surface area contributed by atoms with E-state index in [2.05, 4.69) is 0 Å². The molecule has 4 nitrogen and oxygen atoms in total. The van der Waals surface area contributed by atoms with Gasteiger partial charge in [-0.05, 0) is 18.6 Å². The summed E-state index contributed by atoms with van der Waals surface area (Å²) in [6.07, 6.45) is 0. The fourth-order valence-electron chi connectivity index (χ4n) is 2.11. The molecular weight excluding hydrogens is 226 g/mol. The van der Waals surface area contributed by atoms with Crippen LogP contribution in [0.15, 0.2) is 17.0 Å². The molecular formula is C11H13NO3S. The summed E-state index contributed by atoms with van der Waals surface area (Å²) >= 11 is 0.